The van der Waals surface area contributed by atoms with Crippen molar-refractivity contribution >= 4 is 11.3 Å². The normalized spacial score (nSPS) is 8.91. The molecule has 1 N–H and O–H groups in total. The Bertz CT molecular complexity index is 277. The average Bonchev–Trinajstić information content (AvgIpc) is 2.48. The molecule has 2 heteroatoms. The van der Waals surface area contributed by atoms with Crippen LogP contribution in [0, 0.1) is 11.8 Å². The van der Waals surface area contributed by atoms with E-state index in [4.69, 9.17) is 5.11 Å². The molecule has 0 saturated carbocycles. The van der Waals surface area contributed by atoms with Gasteiger partial charge < -0.3 is 5.11 Å². The molecule has 0 aliphatic heterocycles. The van der Waals surface area contributed by atoms with Gasteiger partial charge in [0.05, 0.1) is 0 Å². The van der Waals surface area contributed by atoms with Crippen LogP contribution in [-0.2, 0) is 6.42 Å². The zero-order chi connectivity index (χ0) is 8.10. The minimum absolute atomic E-state index is 0.0582. The summed E-state index contributed by atoms with van der Waals surface area (Å²) in [7, 11) is 0. The van der Waals surface area contributed by atoms with Crippen molar-refractivity contribution in [2.75, 3.05) is 6.61 Å². The molecule has 0 aliphatic carbocycles. The van der Waals surface area contributed by atoms with Crippen LogP contribution in [0.25, 0.3) is 0 Å². The third kappa shape index (κ3) is 2.38. The molecule has 11 heavy (non-hydrogen) atoms. The Hall–Kier alpha value is -0.780. The van der Waals surface area contributed by atoms with Gasteiger partial charge in [0.2, 0.25) is 0 Å². The van der Waals surface area contributed by atoms with Gasteiger partial charge in [-0.15, -0.1) is 11.3 Å². The van der Waals surface area contributed by atoms with Crippen molar-refractivity contribution in [3.8, 4) is 11.8 Å². The van der Waals surface area contributed by atoms with Gasteiger partial charge in [-0.2, -0.15) is 0 Å². The average molecular weight is 166 g/mol. The second kappa shape index (κ2) is 4.17. The zero-order valence-electron chi connectivity index (χ0n) is 6.42. The molecule has 0 saturated heterocycles. The third-order valence-electron chi connectivity index (χ3n) is 1.31. The van der Waals surface area contributed by atoms with Crippen LogP contribution >= 0.6 is 11.3 Å². The summed E-state index contributed by atoms with van der Waals surface area (Å²) in [6, 6.07) is 2.06. The molecule has 0 aliphatic rings. The minimum atomic E-state index is -0.0582. The lowest BCUT2D eigenvalue weighted by Crippen LogP contribution is -1.72. The highest BCUT2D eigenvalue weighted by molar-refractivity contribution is 7.10. The summed E-state index contributed by atoms with van der Waals surface area (Å²) < 4.78 is 0. The zero-order valence-corrected chi connectivity index (χ0v) is 7.24. The van der Waals surface area contributed by atoms with Crippen molar-refractivity contribution in [1.29, 1.82) is 0 Å². The second-order valence-electron chi connectivity index (χ2n) is 2.12. The molecule has 0 atom stereocenters. The van der Waals surface area contributed by atoms with E-state index in [0.29, 0.717) is 0 Å². The molecule has 1 aromatic rings. The first-order valence-electron chi connectivity index (χ1n) is 3.54. The number of aliphatic hydroxyl groups is 1. The summed E-state index contributed by atoms with van der Waals surface area (Å²) in [6.07, 6.45) is 1.06. The molecule has 0 unspecified atom stereocenters. The van der Waals surface area contributed by atoms with E-state index in [1.165, 1.54) is 4.88 Å². The van der Waals surface area contributed by atoms with E-state index < -0.39 is 0 Å². The van der Waals surface area contributed by atoms with E-state index in [1.807, 2.05) is 5.38 Å². The van der Waals surface area contributed by atoms with Gasteiger partial charge in [-0.05, 0) is 12.5 Å². The Morgan fingerprint density at radius 2 is 2.45 bits per heavy atom. The van der Waals surface area contributed by atoms with Crippen LogP contribution in [0.5, 0.6) is 0 Å². The summed E-state index contributed by atoms with van der Waals surface area (Å²) in [5, 5.41) is 10.4. The highest BCUT2D eigenvalue weighted by Gasteiger charge is 1.92. The molecule has 0 spiro atoms. The van der Waals surface area contributed by atoms with Crippen LogP contribution in [0.15, 0.2) is 11.4 Å². The van der Waals surface area contributed by atoms with Crippen molar-refractivity contribution in [2.45, 2.75) is 13.3 Å². The van der Waals surface area contributed by atoms with Crippen LogP contribution in [0.3, 0.4) is 0 Å². The molecule has 0 bridgehead atoms. The van der Waals surface area contributed by atoms with Gasteiger partial charge in [0.15, 0.2) is 0 Å². The van der Waals surface area contributed by atoms with Crippen LogP contribution in [0.4, 0.5) is 0 Å². The van der Waals surface area contributed by atoms with E-state index in [1.54, 1.807) is 11.3 Å². The number of thiophene rings is 1. The van der Waals surface area contributed by atoms with Crippen LogP contribution in [0.2, 0.25) is 0 Å². The minimum Gasteiger partial charge on any atom is -0.384 e. The largest absolute Gasteiger partial charge is 0.384 e. The highest BCUT2D eigenvalue weighted by Crippen LogP contribution is 2.13. The Labute approximate surface area is 70.7 Å². The molecule has 1 rings (SSSR count). The van der Waals surface area contributed by atoms with Crippen molar-refractivity contribution in [3.63, 3.8) is 0 Å². The molecule has 58 valence electrons. The molecule has 0 aromatic carbocycles. The number of hydrogen-bond acceptors (Lipinski definition) is 2. The maximum Gasteiger partial charge on any atom is 0.104 e. The molecular weight excluding hydrogens is 156 g/mol. The van der Waals surface area contributed by atoms with Gasteiger partial charge >= 0.3 is 0 Å². The van der Waals surface area contributed by atoms with E-state index in [0.717, 1.165) is 12.0 Å². The fraction of sp³-hybridized carbons (Fsp3) is 0.333. The van der Waals surface area contributed by atoms with Crippen molar-refractivity contribution in [1.82, 2.24) is 0 Å². The maximum atomic E-state index is 8.42. The summed E-state index contributed by atoms with van der Waals surface area (Å²) in [5.74, 6) is 5.47. The van der Waals surface area contributed by atoms with E-state index in [2.05, 4.69) is 24.8 Å². The molecule has 0 fully saturated rings. The van der Waals surface area contributed by atoms with Gasteiger partial charge in [0.1, 0.15) is 6.61 Å². The van der Waals surface area contributed by atoms with Crippen LogP contribution in [0.1, 0.15) is 17.4 Å². The first-order valence-corrected chi connectivity index (χ1v) is 4.42. The quantitative estimate of drug-likeness (QED) is 0.629. The monoisotopic (exact) mass is 166 g/mol. The van der Waals surface area contributed by atoms with Gasteiger partial charge in [-0.25, -0.2) is 0 Å². The Morgan fingerprint density at radius 1 is 1.64 bits per heavy atom. The second-order valence-corrected chi connectivity index (χ2v) is 3.11. The van der Waals surface area contributed by atoms with E-state index >= 15 is 0 Å². The topological polar surface area (TPSA) is 20.2 Å². The predicted octanol–water partition coefficient (Wildman–Crippen LogP) is 1.65. The summed E-state index contributed by atoms with van der Waals surface area (Å²) in [4.78, 5) is 1.34. The lowest BCUT2D eigenvalue weighted by Gasteiger charge is -1.80. The Kier molecular flexibility index (Phi) is 3.15. The summed E-state index contributed by atoms with van der Waals surface area (Å²) in [5.41, 5.74) is 1.01. The number of aliphatic hydroxyl groups excluding tert-OH is 1. The Morgan fingerprint density at radius 3 is 3.00 bits per heavy atom. The van der Waals surface area contributed by atoms with Gasteiger partial charge in [0, 0.05) is 15.8 Å². The first-order chi connectivity index (χ1) is 5.36. The number of aryl methyl sites for hydroxylation is 1. The fourth-order valence-corrected chi connectivity index (χ4v) is 1.54. The number of hydrogen-bond donors (Lipinski definition) is 1. The standard InChI is InChI=1S/C9H10OS/c1-2-9-6-8(7-11-9)4-3-5-10/h6-7,10H,2,5H2,1H3. The maximum absolute atomic E-state index is 8.42. The summed E-state index contributed by atoms with van der Waals surface area (Å²) >= 11 is 1.72. The van der Waals surface area contributed by atoms with E-state index in [9.17, 15) is 0 Å². The Balaban J connectivity index is 2.72. The predicted molar refractivity (Wildman–Crippen MR) is 47.7 cm³/mol. The number of rotatable bonds is 1. The molecule has 0 radical (unpaired) electrons. The SMILES string of the molecule is CCc1cc(C#CCO)cs1. The highest BCUT2D eigenvalue weighted by atomic mass is 32.1. The van der Waals surface area contributed by atoms with Gasteiger partial charge in [-0.3, -0.25) is 0 Å². The third-order valence-corrected chi connectivity index (χ3v) is 2.40. The van der Waals surface area contributed by atoms with Gasteiger partial charge in [0.25, 0.3) is 0 Å². The lowest BCUT2D eigenvalue weighted by atomic mass is 10.3. The molecule has 0 amide bonds. The smallest absolute Gasteiger partial charge is 0.104 e. The first kappa shape index (κ1) is 8.32. The van der Waals surface area contributed by atoms with Crippen molar-refractivity contribution in [2.24, 2.45) is 0 Å². The van der Waals surface area contributed by atoms with Crippen LogP contribution in [-0.4, -0.2) is 11.7 Å². The molecule has 1 aromatic heterocycles. The molecular formula is C9H10OS. The van der Waals surface area contributed by atoms with E-state index in [-0.39, 0.29) is 6.61 Å². The summed E-state index contributed by atoms with van der Waals surface area (Å²) in [6.45, 7) is 2.06. The lowest BCUT2D eigenvalue weighted by molar-refractivity contribution is 0.350. The molecule has 1 nitrogen and oxygen atoms in total. The van der Waals surface area contributed by atoms with Crippen molar-refractivity contribution in [3.05, 3.63) is 21.9 Å². The molecule has 1 heterocycles. The van der Waals surface area contributed by atoms with Crippen molar-refractivity contribution < 1.29 is 5.11 Å². The fourth-order valence-electron chi connectivity index (χ4n) is 0.773. The van der Waals surface area contributed by atoms with Crippen LogP contribution < -0.4 is 0 Å². The van der Waals surface area contributed by atoms with Gasteiger partial charge in [-0.1, -0.05) is 18.8 Å².